The zero-order chi connectivity index (χ0) is 13.2. The molecule has 2 aromatic rings. The topological polar surface area (TPSA) is 20.2 Å². The minimum Gasteiger partial charge on any atom is -0.393 e. The summed E-state index contributed by atoms with van der Waals surface area (Å²) in [7, 11) is 0. The summed E-state index contributed by atoms with van der Waals surface area (Å²) in [6.45, 7) is 6.24. The summed E-state index contributed by atoms with van der Waals surface area (Å²) in [5.41, 5.74) is 1.27. The Morgan fingerprint density at radius 2 is 1.67 bits per heavy atom. The van der Waals surface area contributed by atoms with Crippen molar-refractivity contribution in [2.45, 2.75) is 39.7 Å². The molecule has 18 heavy (non-hydrogen) atoms. The maximum absolute atomic E-state index is 10.1. The Morgan fingerprint density at radius 1 is 1.00 bits per heavy atom. The van der Waals surface area contributed by atoms with Crippen molar-refractivity contribution in [2.24, 2.45) is 5.41 Å². The maximum Gasteiger partial charge on any atom is 0.0591 e. The summed E-state index contributed by atoms with van der Waals surface area (Å²) in [4.78, 5) is 0. The van der Waals surface area contributed by atoms with Crippen molar-refractivity contribution < 1.29 is 5.11 Å². The van der Waals surface area contributed by atoms with Gasteiger partial charge in [-0.25, -0.2) is 0 Å². The molecule has 0 amide bonds. The van der Waals surface area contributed by atoms with Gasteiger partial charge < -0.3 is 5.11 Å². The van der Waals surface area contributed by atoms with E-state index in [1.54, 1.807) is 0 Å². The summed E-state index contributed by atoms with van der Waals surface area (Å²) in [6, 6.07) is 14.9. The van der Waals surface area contributed by atoms with Crippen molar-refractivity contribution in [3.8, 4) is 0 Å². The molecule has 1 nitrogen and oxygen atoms in total. The van der Waals surface area contributed by atoms with Crippen molar-refractivity contribution in [1.29, 1.82) is 0 Å². The summed E-state index contributed by atoms with van der Waals surface area (Å²) >= 11 is 0. The Hall–Kier alpha value is -1.34. The van der Waals surface area contributed by atoms with Crippen LogP contribution in [-0.4, -0.2) is 11.2 Å². The SMILES string of the molecule is CC(C)(C)C(O)CCc1ccc2ccccc2c1. The monoisotopic (exact) mass is 242 g/mol. The fourth-order valence-electron chi connectivity index (χ4n) is 2.13. The van der Waals surface area contributed by atoms with E-state index in [0.717, 1.165) is 12.8 Å². The lowest BCUT2D eigenvalue weighted by Gasteiger charge is -2.25. The van der Waals surface area contributed by atoms with Gasteiger partial charge >= 0.3 is 0 Å². The van der Waals surface area contributed by atoms with E-state index < -0.39 is 0 Å². The first kappa shape index (κ1) is 13.1. The standard InChI is InChI=1S/C17H22O/c1-17(2,3)16(18)11-9-13-8-10-14-6-4-5-7-15(14)12-13/h4-8,10,12,16,18H,9,11H2,1-3H3. The Balaban J connectivity index is 2.08. The predicted molar refractivity (Wildman–Crippen MR) is 77.7 cm³/mol. The predicted octanol–water partition coefficient (Wildman–Crippen LogP) is 4.18. The van der Waals surface area contributed by atoms with Crippen LogP contribution < -0.4 is 0 Å². The first-order valence-corrected chi connectivity index (χ1v) is 6.62. The molecule has 0 aliphatic rings. The van der Waals surface area contributed by atoms with E-state index in [2.05, 4.69) is 63.2 Å². The minimum absolute atomic E-state index is 0.0309. The van der Waals surface area contributed by atoms with Crippen molar-refractivity contribution in [3.05, 3.63) is 48.0 Å². The summed E-state index contributed by atoms with van der Waals surface area (Å²) < 4.78 is 0. The van der Waals surface area contributed by atoms with Gasteiger partial charge in [-0.05, 0) is 34.6 Å². The van der Waals surface area contributed by atoms with Crippen LogP contribution in [-0.2, 0) is 6.42 Å². The fraction of sp³-hybridized carbons (Fsp3) is 0.412. The number of hydrogen-bond donors (Lipinski definition) is 1. The van der Waals surface area contributed by atoms with Gasteiger partial charge in [0.2, 0.25) is 0 Å². The van der Waals surface area contributed by atoms with Crippen LogP contribution in [0, 0.1) is 5.41 Å². The first-order chi connectivity index (χ1) is 8.47. The van der Waals surface area contributed by atoms with Gasteiger partial charge in [0.25, 0.3) is 0 Å². The van der Waals surface area contributed by atoms with Crippen LogP contribution in [0.3, 0.4) is 0 Å². The molecular weight excluding hydrogens is 220 g/mol. The van der Waals surface area contributed by atoms with Crippen molar-refractivity contribution in [3.63, 3.8) is 0 Å². The molecule has 0 saturated carbocycles. The lowest BCUT2D eigenvalue weighted by atomic mass is 9.85. The molecule has 0 saturated heterocycles. The molecule has 0 bridgehead atoms. The van der Waals surface area contributed by atoms with E-state index in [4.69, 9.17) is 0 Å². The van der Waals surface area contributed by atoms with Crippen LogP contribution in [0.25, 0.3) is 10.8 Å². The normalized spacial score (nSPS) is 13.8. The molecule has 0 aliphatic heterocycles. The molecule has 96 valence electrons. The van der Waals surface area contributed by atoms with Gasteiger partial charge in [0.1, 0.15) is 0 Å². The lowest BCUT2D eigenvalue weighted by molar-refractivity contribution is 0.0560. The van der Waals surface area contributed by atoms with Gasteiger partial charge in [-0.3, -0.25) is 0 Å². The second-order valence-electron chi connectivity index (χ2n) is 6.10. The third-order valence-corrected chi connectivity index (χ3v) is 3.52. The van der Waals surface area contributed by atoms with Gasteiger partial charge in [-0.1, -0.05) is 63.2 Å². The highest BCUT2D eigenvalue weighted by molar-refractivity contribution is 5.82. The third-order valence-electron chi connectivity index (χ3n) is 3.52. The van der Waals surface area contributed by atoms with Crippen molar-refractivity contribution in [1.82, 2.24) is 0 Å². The van der Waals surface area contributed by atoms with E-state index in [1.807, 2.05) is 0 Å². The molecule has 2 rings (SSSR count). The molecule has 0 heterocycles. The van der Waals surface area contributed by atoms with Gasteiger partial charge in [-0.2, -0.15) is 0 Å². The molecule has 2 aromatic carbocycles. The van der Waals surface area contributed by atoms with Crippen LogP contribution in [0.15, 0.2) is 42.5 Å². The van der Waals surface area contributed by atoms with Gasteiger partial charge in [-0.15, -0.1) is 0 Å². The Kier molecular flexibility index (Phi) is 3.72. The quantitative estimate of drug-likeness (QED) is 0.856. The van der Waals surface area contributed by atoms with Crippen LogP contribution in [0.2, 0.25) is 0 Å². The van der Waals surface area contributed by atoms with E-state index >= 15 is 0 Å². The molecule has 0 aliphatic carbocycles. The Bertz CT molecular complexity index is 522. The largest absolute Gasteiger partial charge is 0.393 e. The molecule has 1 heteroatoms. The van der Waals surface area contributed by atoms with Gasteiger partial charge in [0.05, 0.1) is 6.10 Å². The number of fused-ring (bicyclic) bond motifs is 1. The van der Waals surface area contributed by atoms with E-state index in [-0.39, 0.29) is 11.5 Å². The smallest absolute Gasteiger partial charge is 0.0591 e. The number of aliphatic hydroxyl groups is 1. The molecule has 1 N–H and O–H groups in total. The Morgan fingerprint density at radius 3 is 2.33 bits per heavy atom. The van der Waals surface area contributed by atoms with E-state index in [1.165, 1.54) is 16.3 Å². The molecule has 0 radical (unpaired) electrons. The second-order valence-corrected chi connectivity index (χ2v) is 6.10. The van der Waals surface area contributed by atoms with Crippen LogP contribution in [0.5, 0.6) is 0 Å². The number of benzene rings is 2. The second kappa shape index (κ2) is 5.11. The average Bonchev–Trinajstić information content (AvgIpc) is 2.34. The van der Waals surface area contributed by atoms with Crippen molar-refractivity contribution in [2.75, 3.05) is 0 Å². The number of aliphatic hydroxyl groups excluding tert-OH is 1. The molecular formula is C17H22O. The Labute approximate surface area is 109 Å². The van der Waals surface area contributed by atoms with Crippen LogP contribution in [0.4, 0.5) is 0 Å². The fourth-order valence-corrected chi connectivity index (χ4v) is 2.13. The zero-order valence-electron chi connectivity index (χ0n) is 11.5. The highest BCUT2D eigenvalue weighted by Crippen LogP contribution is 2.24. The van der Waals surface area contributed by atoms with E-state index in [9.17, 15) is 5.11 Å². The molecule has 0 spiro atoms. The summed E-state index contributed by atoms with van der Waals surface area (Å²) in [5.74, 6) is 0. The highest BCUT2D eigenvalue weighted by atomic mass is 16.3. The van der Waals surface area contributed by atoms with E-state index in [0.29, 0.717) is 0 Å². The molecule has 1 unspecified atom stereocenters. The van der Waals surface area contributed by atoms with Crippen LogP contribution >= 0.6 is 0 Å². The molecule has 0 fully saturated rings. The van der Waals surface area contributed by atoms with Gasteiger partial charge in [0, 0.05) is 0 Å². The van der Waals surface area contributed by atoms with Gasteiger partial charge in [0.15, 0.2) is 0 Å². The summed E-state index contributed by atoms with van der Waals surface area (Å²) in [5, 5.41) is 12.6. The zero-order valence-corrected chi connectivity index (χ0v) is 11.5. The highest BCUT2D eigenvalue weighted by Gasteiger charge is 2.21. The van der Waals surface area contributed by atoms with Crippen LogP contribution in [0.1, 0.15) is 32.8 Å². The average molecular weight is 242 g/mol. The number of rotatable bonds is 3. The minimum atomic E-state index is -0.246. The number of hydrogen-bond acceptors (Lipinski definition) is 1. The molecule has 0 aromatic heterocycles. The summed E-state index contributed by atoms with van der Waals surface area (Å²) in [6.07, 6.45) is 1.51. The molecule has 1 atom stereocenters. The number of aryl methyl sites for hydroxylation is 1. The maximum atomic E-state index is 10.1. The lowest BCUT2D eigenvalue weighted by Crippen LogP contribution is -2.26. The first-order valence-electron chi connectivity index (χ1n) is 6.62. The van der Waals surface area contributed by atoms with Crippen molar-refractivity contribution >= 4 is 10.8 Å². The third kappa shape index (κ3) is 3.11.